The Morgan fingerprint density at radius 2 is 2.11 bits per heavy atom. The molecule has 5 nitrogen and oxygen atoms in total. The molecule has 0 saturated carbocycles. The molecule has 0 saturated heterocycles. The maximum absolute atomic E-state index is 12.2. The van der Waals surface area contributed by atoms with Crippen molar-refractivity contribution < 1.29 is 13.9 Å². The maximum Gasteiger partial charge on any atom is 0.293 e. The predicted molar refractivity (Wildman–Crippen MR) is 71.5 cm³/mol. The Kier molecular flexibility index (Phi) is 3.85. The molecular weight excluding hydrogens is 244 g/mol. The van der Waals surface area contributed by atoms with Gasteiger partial charge in [0.15, 0.2) is 6.39 Å². The molecule has 1 aromatic carbocycles. The third-order valence-electron chi connectivity index (χ3n) is 2.70. The second-order valence-corrected chi connectivity index (χ2v) is 4.38. The third kappa shape index (κ3) is 2.76. The normalized spacial score (nSPS) is 10.5. The Morgan fingerprint density at radius 3 is 2.79 bits per heavy atom. The van der Waals surface area contributed by atoms with Crippen LogP contribution in [-0.2, 0) is 0 Å². The van der Waals surface area contributed by atoms with Crippen LogP contribution in [0.3, 0.4) is 0 Å². The van der Waals surface area contributed by atoms with E-state index in [4.69, 9.17) is 9.15 Å². The first-order chi connectivity index (χ1) is 9.13. The third-order valence-corrected chi connectivity index (χ3v) is 2.70. The second-order valence-electron chi connectivity index (χ2n) is 4.38. The molecule has 0 unspecified atom stereocenters. The molecule has 1 amide bonds. The first kappa shape index (κ1) is 13.1. The van der Waals surface area contributed by atoms with Crippen molar-refractivity contribution in [3.63, 3.8) is 0 Å². The van der Waals surface area contributed by atoms with E-state index in [0.29, 0.717) is 17.1 Å². The molecule has 19 heavy (non-hydrogen) atoms. The summed E-state index contributed by atoms with van der Waals surface area (Å²) < 4.78 is 10.3. The fourth-order valence-electron chi connectivity index (χ4n) is 1.76. The number of methoxy groups -OCH3 is 1. The molecule has 0 aliphatic carbocycles. The van der Waals surface area contributed by atoms with Crippen molar-refractivity contribution in [2.45, 2.75) is 19.8 Å². The van der Waals surface area contributed by atoms with Gasteiger partial charge in [-0.15, -0.1) is 0 Å². The highest BCUT2D eigenvalue weighted by Crippen LogP contribution is 2.25. The van der Waals surface area contributed by atoms with Crippen molar-refractivity contribution in [2.75, 3.05) is 12.4 Å². The molecule has 0 aliphatic heterocycles. The highest BCUT2D eigenvalue weighted by molar-refractivity contribution is 6.03. The Balaban J connectivity index is 2.23. The molecular formula is C14H16N2O3. The van der Waals surface area contributed by atoms with Crippen LogP contribution in [0.1, 0.15) is 36.0 Å². The van der Waals surface area contributed by atoms with Gasteiger partial charge in [-0.25, -0.2) is 4.98 Å². The summed E-state index contributed by atoms with van der Waals surface area (Å²) in [7, 11) is 1.55. The number of rotatable bonds is 4. The number of oxazole rings is 1. The first-order valence-electron chi connectivity index (χ1n) is 6.01. The number of ether oxygens (including phenoxy) is 1. The van der Waals surface area contributed by atoms with Gasteiger partial charge in [0.05, 0.1) is 18.5 Å². The van der Waals surface area contributed by atoms with Crippen molar-refractivity contribution >= 4 is 11.6 Å². The molecule has 100 valence electrons. The van der Waals surface area contributed by atoms with Crippen LogP contribution in [0.2, 0.25) is 0 Å². The Morgan fingerprint density at radius 1 is 1.37 bits per heavy atom. The molecule has 1 N–H and O–H groups in total. The number of carbonyl (C=O) groups excluding carboxylic acids is 1. The number of amides is 1. The van der Waals surface area contributed by atoms with E-state index in [1.165, 1.54) is 6.39 Å². The summed E-state index contributed by atoms with van der Waals surface area (Å²) in [6.07, 6.45) is 1.28. The number of carbonyl (C=O) groups is 1. The zero-order valence-corrected chi connectivity index (χ0v) is 11.1. The van der Waals surface area contributed by atoms with Gasteiger partial charge >= 0.3 is 0 Å². The van der Waals surface area contributed by atoms with Gasteiger partial charge in [-0.05, 0) is 18.1 Å². The van der Waals surface area contributed by atoms with E-state index >= 15 is 0 Å². The molecule has 0 bridgehead atoms. The standard InChI is InChI=1S/C14H16N2O3/c1-9(2)12-13(19-8-15-12)14(17)16-10-6-4-5-7-11(10)18-3/h4-9H,1-3H3,(H,16,17). The highest BCUT2D eigenvalue weighted by Gasteiger charge is 2.20. The first-order valence-corrected chi connectivity index (χ1v) is 6.01. The molecule has 0 aliphatic rings. The van der Waals surface area contributed by atoms with E-state index in [1.54, 1.807) is 19.2 Å². The number of para-hydroxylation sites is 2. The molecule has 0 fully saturated rings. The van der Waals surface area contributed by atoms with Crippen LogP contribution in [-0.4, -0.2) is 18.0 Å². The van der Waals surface area contributed by atoms with E-state index in [2.05, 4.69) is 10.3 Å². The maximum atomic E-state index is 12.2. The van der Waals surface area contributed by atoms with Crippen LogP contribution in [0.25, 0.3) is 0 Å². The Bertz CT molecular complexity index is 576. The lowest BCUT2D eigenvalue weighted by Crippen LogP contribution is -2.14. The lowest BCUT2D eigenvalue weighted by molar-refractivity contribution is 0.0994. The van der Waals surface area contributed by atoms with Gasteiger partial charge < -0.3 is 14.5 Å². The van der Waals surface area contributed by atoms with E-state index in [1.807, 2.05) is 26.0 Å². The van der Waals surface area contributed by atoms with E-state index < -0.39 is 0 Å². The van der Waals surface area contributed by atoms with Crippen LogP contribution in [0, 0.1) is 0 Å². The fraction of sp³-hybridized carbons (Fsp3) is 0.286. The van der Waals surface area contributed by atoms with Crippen LogP contribution in [0.5, 0.6) is 5.75 Å². The number of benzene rings is 1. The molecule has 0 spiro atoms. The van der Waals surface area contributed by atoms with Gasteiger partial charge in [0.2, 0.25) is 5.76 Å². The minimum atomic E-state index is -0.328. The number of anilines is 1. The molecule has 5 heteroatoms. The number of hydrogen-bond acceptors (Lipinski definition) is 4. The molecule has 1 heterocycles. The van der Waals surface area contributed by atoms with Crippen molar-refractivity contribution in [3.05, 3.63) is 42.1 Å². The van der Waals surface area contributed by atoms with E-state index in [0.717, 1.165) is 0 Å². The minimum absolute atomic E-state index is 0.122. The molecule has 1 aromatic heterocycles. The quantitative estimate of drug-likeness (QED) is 0.917. The number of nitrogens with one attached hydrogen (secondary N) is 1. The average Bonchev–Trinajstić information content (AvgIpc) is 2.88. The number of aromatic nitrogens is 1. The van der Waals surface area contributed by atoms with Crippen molar-refractivity contribution in [1.82, 2.24) is 4.98 Å². The zero-order valence-electron chi connectivity index (χ0n) is 11.1. The number of hydrogen-bond donors (Lipinski definition) is 1. The summed E-state index contributed by atoms with van der Waals surface area (Å²) in [5.41, 5.74) is 1.24. The molecule has 2 rings (SSSR count). The second kappa shape index (κ2) is 5.56. The van der Waals surface area contributed by atoms with Crippen LogP contribution in [0.4, 0.5) is 5.69 Å². The zero-order chi connectivity index (χ0) is 13.8. The molecule has 0 radical (unpaired) electrons. The summed E-state index contributed by atoms with van der Waals surface area (Å²) in [5.74, 6) is 0.630. The molecule has 0 atom stereocenters. The van der Waals surface area contributed by atoms with Crippen LogP contribution in [0.15, 0.2) is 35.1 Å². The van der Waals surface area contributed by atoms with E-state index in [9.17, 15) is 4.79 Å². The van der Waals surface area contributed by atoms with Crippen molar-refractivity contribution in [1.29, 1.82) is 0 Å². The topological polar surface area (TPSA) is 64.4 Å². The minimum Gasteiger partial charge on any atom is -0.495 e. The van der Waals surface area contributed by atoms with Crippen molar-refractivity contribution in [2.24, 2.45) is 0 Å². The summed E-state index contributed by atoms with van der Waals surface area (Å²) in [6, 6.07) is 7.20. The largest absolute Gasteiger partial charge is 0.495 e. The van der Waals surface area contributed by atoms with E-state index in [-0.39, 0.29) is 17.6 Å². The summed E-state index contributed by atoms with van der Waals surface area (Å²) in [6.45, 7) is 3.91. The van der Waals surface area contributed by atoms with Crippen molar-refractivity contribution in [3.8, 4) is 5.75 Å². The summed E-state index contributed by atoms with van der Waals surface area (Å²) in [4.78, 5) is 16.2. The molecule has 2 aromatic rings. The Hall–Kier alpha value is -2.30. The monoisotopic (exact) mass is 260 g/mol. The van der Waals surface area contributed by atoms with Crippen LogP contribution < -0.4 is 10.1 Å². The van der Waals surface area contributed by atoms with Gasteiger partial charge in [0.25, 0.3) is 5.91 Å². The number of nitrogens with zero attached hydrogens (tertiary/aromatic N) is 1. The predicted octanol–water partition coefficient (Wildman–Crippen LogP) is 3.06. The van der Waals surface area contributed by atoms with Gasteiger partial charge in [0.1, 0.15) is 5.75 Å². The highest BCUT2D eigenvalue weighted by atomic mass is 16.5. The van der Waals surface area contributed by atoms with Crippen LogP contribution >= 0.6 is 0 Å². The SMILES string of the molecule is COc1ccccc1NC(=O)c1ocnc1C(C)C. The van der Waals surface area contributed by atoms with Gasteiger partial charge in [-0.1, -0.05) is 26.0 Å². The lowest BCUT2D eigenvalue weighted by Gasteiger charge is -2.09. The average molecular weight is 260 g/mol. The van der Waals surface area contributed by atoms with Gasteiger partial charge in [-0.3, -0.25) is 4.79 Å². The van der Waals surface area contributed by atoms with Gasteiger partial charge in [0, 0.05) is 0 Å². The smallest absolute Gasteiger partial charge is 0.293 e. The fourth-order valence-corrected chi connectivity index (χ4v) is 1.76. The lowest BCUT2D eigenvalue weighted by atomic mass is 10.1. The summed E-state index contributed by atoms with van der Waals surface area (Å²) >= 11 is 0. The van der Waals surface area contributed by atoms with Gasteiger partial charge in [-0.2, -0.15) is 0 Å². The Labute approximate surface area is 111 Å². The summed E-state index contributed by atoms with van der Waals surface area (Å²) in [5, 5.41) is 2.76.